The molecule has 1 unspecified atom stereocenters. The number of thiazole rings is 1. The Morgan fingerprint density at radius 1 is 1.29 bits per heavy atom. The summed E-state index contributed by atoms with van der Waals surface area (Å²) in [6.07, 6.45) is 3.25. The molecule has 0 spiro atoms. The zero-order chi connectivity index (χ0) is 19.8. The van der Waals surface area contributed by atoms with Crippen molar-refractivity contribution >= 4 is 23.2 Å². The van der Waals surface area contributed by atoms with Crippen molar-refractivity contribution in [3.05, 3.63) is 84.9 Å². The smallest absolute Gasteiger partial charge is 0.271 e. The Hall–Kier alpha value is -3.19. The van der Waals surface area contributed by atoms with Gasteiger partial charge in [-0.3, -0.25) is 14.2 Å². The van der Waals surface area contributed by atoms with Gasteiger partial charge >= 0.3 is 0 Å². The van der Waals surface area contributed by atoms with E-state index in [2.05, 4.69) is 4.99 Å². The molecule has 3 heterocycles. The summed E-state index contributed by atoms with van der Waals surface area (Å²) in [5, 5.41) is 0. The number of ether oxygens (including phenoxy) is 1. The maximum atomic E-state index is 13.2. The lowest BCUT2D eigenvalue weighted by Crippen LogP contribution is -2.39. The summed E-state index contributed by atoms with van der Waals surface area (Å²) in [6, 6.07) is 10.4. The molecule has 28 heavy (non-hydrogen) atoms. The van der Waals surface area contributed by atoms with E-state index < -0.39 is 6.04 Å². The van der Waals surface area contributed by atoms with E-state index in [0.717, 1.165) is 5.56 Å². The number of fused-ring (bicyclic) bond motifs is 1. The summed E-state index contributed by atoms with van der Waals surface area (Å²) in [4.78, 5) is 30.7. The Morgan fingerprint density at radius 2 is 2.04 bits per heavy atom. The number of hydrogen-bond donors (Lipinski definition) is 0. The molecule has 0 fully saturated rings. The highest BCUT2D eigenvalue weighted by Crippen LogP contribution is 2.31. The number of methoxy groups -OCH3 is 1. The molecule has 1 aliphatic rings. The van der Waals surface area contributed by atoms with E-state index >= 15 is 0 Å². The van der Waals surface area contributed by atoms with Gasteiger partial charge < -0.3 is 9.15 Å². The molecular weight excluding hydrogens is 376 g/mol. The Kier molecular flexibility index (Phi) is 4.60. The average molecular weight is 394 g/mol. The van der Waals surface area contributed by atoms with E-state index in [1.807, 2.05) is 24.3 Å². The molecule has 0 amide bonds. The number of nitrogens with zero attached hydrogens (tertiary/aromatic N) is 2. The van der Waals surface area contributed by atoms with Gasteiger partial charge in [-0.05, 0) is 43.7 Å². The minimum Gasteiger partial charge on any atom is -0.497 e. The fourth-order valence-corrected chi connectivity index (χ4v) is 4.40. The first kappa shape index (κ1) is 18.2. The van der Waals surface area contributed by atoms with Gasteiger partial charge in [-0.2, -0.15) is 0 Å². The van der Waals surface area contributed by atoms with Gasteiger partial charge in [0.25, 0.3) is 5.56 Å². The first-order valence-corrected chi connectivity index (χ1v) is 9.52. The number of carbonyl (C=O) groups is 1. The van der Waals surface area contributed by atoms with Crippen LogP contribution in [0.5, 0.6) is 5.75 Å². The van der Waals surface area contributed by atoms with Crippen molar-refractivity contribution in [2.24, 2.45) is 4.99 Å². The van der Waals surface area contributed by atoms with Crippen LogP contribution in [0.2, 0.25) is 0 Å². The SMILES string of the molecule is COc1ccc(C2C(C(C)=O)=C(C)N=c3sc(=Cc4ccco4)c(=O)n32)cc1. The number of aromatic nitrogens is 1. The highest BCUT2D eigenvalue weighted by atomic mass is 32.1. The second-order valence-electron chi connectivity index (χ2n) is 6.43. The zero-order valence-electron chi connectivity index (χ0n) is 15.6. The summed E-state index contributed by atoms with van der Waals surface area (Å²) in [7, 11) is 1.60. The molecular formula is C21H18N2O4S. The van der Waals surface area contributed by atoms with Crippen molar-refractivity contribution in [1.29, 1.82) is 0 Å². The van der Waals surface area contributed by atoms with Gasteiger partial charge in [-0.1, -0.05) is 23.5 Å². The van der Waals surface area contributed by atoms with Crippen LogP contribution in [0.15, 0.2) is 68.1 Å². The molecule has 1 atom stereocenters. The zero-order valence-corrected chi connectivity index (χ0v) is 16.4. The molecule has 2 aromatic heterocycles. The molecule has 0 saturated carbocycles. The minimum absolute atomic E-state index is 0.109. The van der Waals surface area contributed by atoms with Crippen LogP contribution in [-0.4, -0.2) is 17.5 Å². The Labute approximate surface area is 164 Å². The van der Waals surface area contributed by atoms with Crippen LogP contribution in [0.1, 0.15) is 31.2 Å². The lowest BCUT2D eigenvalue weighted by molar-refractivity contribution is -0.114. The third-order valence-corrected chi connectivity index (χ3v) is 5.63. The Bertz CT molecular complexity index is 1250. The summed E-state index contributed by atoms with van der Waals surface area (Å²) >= 11 is 1.28. The largest absolute Gasteiger partial charge is 0.497 e. The van der Waals surface area contributed by atoms with Crippen molar-refractivity contribution < 1.29 is 13.9 Å². The van der Waals surface area contributed by atoms with E-state index in [-0.39, 0.29) is 11.3 Å². The predicted molar refractivity (Wildman–Crippen MR) is 106 cm³/mol. The highest BCUT2D eigenvalue weighted by Gasteiger charge is 2.30. The summed E-state index contributed by atoms with van der Waals surface area (Å²) in [6.45, 7) is 3.31. The van der Waals surface area contributed by atoms with Crippen LogP contribution in [-0.2, 0) is 4.79 Å². The van der Waals surface area contributed by atoms with Gasteiger partial charge in [0.15, 0.2) is 10.6 Å². The number of benzene rings is 1. The van der Waals surface area contributed by atoms with Crippen LogP contribution in [0.3, 0.4) is 0 Å². The van der Waals surface area contributed by atoms with E-state index in [4.69, 9.17) is 9.15 Å². The normalized spacial score (nSPS) is 16.7. The molecule has 1 aromatic carbocycles. The minimum atomic E-state index is -0.529. The molecule has 142 valence electrons. The van der Waals surface area contributed by atoms with Crippen molar-refractivity contribution in [2.45, 2.75) is 19.9 Å². The highest BCUT2D eigenvalue weighted by molar-refractivity contribution is 7.07. The van der Waals surface area contributed by atoms with Crippen molar-refractivity contribution in [1.82, 2.24) is 4.57 Å². The number of carbonyl (C=O) groups excluding carboxylic acids is 1. The Balaban J connectivity index is 1.97. The molecule has 7 heteroatoms. The fraction of sp³-hybridized carbons (Fsp3) is 0.190. The third-order valence-electron chi connectivity index (χ3n) is 4.65. The number of ketones is 1. The monoisotopic (exact) mass is 394 g/mol. The van der Waals surface area contributed by atoms with Gasteiger partial charge in [0.2, 0.25) is 0 Å². The van der Waals surface area contributed by atoms with Crippen molar-refractivity contribution in [3.8, 4) is 5.75 Å². The third kappa shape index (κ3) is 3.03. The second kappa shape index (κ2) is 7.09. The maximum absolute atomic E-state index is 13.2. The molecule has 1 aliphatic heterocycles. The van der Waals surface area contributed by atoms with Gasteiger partial charge in [0.1, 0.15) is 11.5 Å². The van der Waals surface area contributed by atoms with E-state index in [0.29, 0.717) is 32.1 Å². The predicted octanol–water partition coefficient (Wildman–Crippen LogP) is 2.43. The van der Waals surface area contributed by atoms with E-state index in [1.54, 1.807) is 43.1 Å². The number of furan rings is 1. The summed E-state index contributed by atoms with van der Waals surface area (Å²) in [5.41, 5.74) is 1.76. The molecule has 0 radical (unpaired) electrons. The first-order chi connectivity index (χ1) is 13.5. The van der Waals surface area contributed by atoms with Crippen molar-refractivity contribution in [3.63, 3.8) is 0 Å². The average Bonchev–Trinajstić information content (AvgIpc) is 3.29. The van der Waals surface area contributed by atoms with E-state index in [1.165, 1.54) is 18.3 Å². The van der Waals surface area contributed by atoms with Gasteiger partial charge in [0, 0.05) is 17.3 Å². The fourth-order valence-electron chi connectivity index (χ4n) is 3.37. The molecule has 0 bridgehead atoms. The molecule has 0 saturated heterocycles. The van der Waals surface area contributed by atoms with Crippen molar-refractivity contribution in [2.75, 3.05) is 7.11 Å². The lowest BCUT2D eigenvalue weighted by atomic mass is 9.93. The number of hydrogen-bond acceptors (Lipinski definition) is 6. The number of Topliss-reactive ketones (excluding diaryl/α,β-unsaturated/α-hetero) is 1. The topological polar surface area (TPSA) is 73.8 Å². The van der Waals surface area contributed by atoms with Crippen LogP contribution in [0.25, 0.3) is 6.08 Å². The number of allylic oxidation sites excluding steroid dienone is 2. The molecule has 3 aromatic rings. The lowest BCUT2D eigenvalue weighted by Gasteiger charge is -2.24. The van der Waals surface area contributed by atoms with Crippen LogP contribution in [0.4, 0.5) is 0 Å². The molecule has 4 rings (SSSR count). The molecule has 6 nitrogen and oxygen atoms in total. The van der Waals surface area contributed by atoms with Crippen LogP contribution in [0, 0.1) is 0 Å². The number of rotatable bonds is 4. The maximum Gasteiger partial charge on any atom is 0.271 e. The quantitative estimate of drug-likeness (QED) is 0.681. The first-order valence-electron chi connectivity index (χ1n) is 8.70. The molecule has 0 aliphatic carbocycles. The van der Waals surface area contributed by atoms with Crippen LogP contribution >= 0.6 is 11.3 Å². The van der Waals surface area contributed by atoms with Crippen LogP contribution < -0.4 is 19.6 Å². The molecule has 0 N–H and O–H groups in total. The Morgan fingerprint density at radius 3 is 2.64 bits per heavy atom. The van der Waals surface area contributed by atoms with Gasteiger partial charge in [-0.25, -0.2) is 4.99 Å². The standard InChI is InChI=1S/C21H18N2O4S/c1-12-18(13(2)24)19(14-6-8-15(26-3)9-7-14)23-20(25)17(28-21(23)22-12)11-16-5-4-10-27-16/h4-11,19H,1-3H3. The van der Waals surface area contributed by atoms with Gasteiger partial charge in [-0.15, -0.1) is 0 Å². The second-order valence-corrected chi connectivity index (χ2v) is 7.44. The summed E-state index contributed by atoms with van der Waals surface area (Å²) < 4.78 is 12.7. The summed E-state index contributed by atoms with van der Waals surface area (Å²) in [5.74, 6) is 1.19. The van der Waals surface area contributed by atoms with Gasteiger partial charge in [0.05, 0.1) is 23.9 Å². The van der Waals surface area contributed by atoms with E-state index in [9.17, 15) is 9.59 Å².